The van der Waals surface area contributed by atoms with Crippen LogP contribution in [0.2, 0.25) is 0 Å². The van der Waals surface area contributed by atoms with Gasteiger partial charge in [0.25, 0.3) is 0 Å². The van der Waals surface area contributed by atoms with Crippen molar-refractivity contribution in [3.63, 3.8) is 0 Å². The second kappa shape index (κ2) is 6.83. The van der Waals surface area contributed by atoms with Gasteiger partial charge in [-0.05, 0) is 13.8 Å². The van der Waals surface area contributed by atoms with E-state index >= 15 is 0 Å². The summed E-state index contributed by atoms with van der Waals surface area (Å²) in [4.78, 5) is 16.5. The number of anilines is 1. The lowest BCUT2D eigenvalue weighted by molar-refractivity contribution is -0.121. The number of carbonyl (C=O) groups is 1. The van der Waals surface area contributed by atoms with Crippen molar-refractivity contribution in [2.75, 3.05) is 44.6 Å². The third-order valence-corrected chi connectivity index (χ3v) is 3.63. The highest BCUT2D eigenvalue weighted by Gasteiger charge is 2.25. The van der Waals surface area contributed by atoms with Gasteiger partial charge in [0.2, 0.25) is 5.91 Å². The summed E-state index contributed by atoms with van der Waals surface area (Å²) >= 11 is 0. The molecule has 1 unspecified atom stereocenters. The minimum atomic E-state index is -0.205. The highest BCUT2D eigenvalue weighted by Crippen LogP contribution is 2.11. The molecule has 0 bridgehead atoms. The number of β-amino-alcohol motifs (C(OH)–C–C–N with tert-alkyl or cyclic N) is 1. The molecule has 0 aromatic carbocycles. The van der Waals surface area contributed by atoms with Gasteiger partial charge in [-0.1, -0.05) is 5.16 Å². The maximum atomic E-state index is 12.1. The number of aryl methyl sites for hydroxylation is 1. The van der Waals surface area contributed by atoms with Crippen LogP contribution >= 0.6 is 0 Å². The smallest absolute Gasteiger partial charge is 0.242 e. The van der Waals surface area contributed by atoms with Crippen molar-refractivity contribution in [2.45, 2.75) is 19.9 Å². The fraction of sp³-hybridized carbons (Fsp3) is 0.692. The number of aliphatic hydroxyl groups excluding tert-OH is 1. The van der Waals surface area contributed by atoms with Crippen LogP contribution in [0.3, 0.4) is 0 Å². The Labute approximate surface area is 118 Å². The summed E-state index contributed by atoms with van der Waals surface area (Å²) in [5, 5.41) is 15.4. The van der Waals surface area contributed by atoms with Crippen molar-refractivity contribution in [3.8, 4) is 0 Å². The van der Waals surface area contributed by atoms with Crippen molar-refractivity contribution in [1.82, 2.24) is 15.0 Å². The van der Waals surface area contributed by atoms with Crippen molar-refractivity contribution in [1.29, 1.82) is 0 Å². The molecule has 2 heterocycles. The monoisotopic (exact) mass is 282 g/mol. The van der Waals surface area contributed by atoms with Crippen molar-refractivity contribution in [3.05, 3.63) is 11.8 Å². The zero-order chi connectivity index (χ0) is 14.5. The molecule has 2 rings (SSSR count). The average Bonchev–Trinajstić information content (AvgIpc) is 2.84. The molecule has 0 saturated carbocycles. The first-order valence-electron chi connectivity index (χ1n) is 6.91. The van der Waals surface area contributed by atoms with Crippen molar-refractivity contribution >= 4 is 11.7 Å². The topological polar surface area (TPSA) is 81.8 Å². The van der Waals surface area contributed by atoms with E-state index in [4.69, 9.17) is 9.63 Å². The number of nitrogens with one attached hydrogen (secondary N) is 1. The van der Waals surface area contributed by atoms with Crippen LogP contribution < -0.4 is 5.32 Å². The molecule has 20 heavy (non-hydrogen) atoms. The summed E-state index contributed by atoms with van der Waals surface area (Å²) in [6.07, 6.45) is 0. The highest BCUT2D eigenvalue weighted by atomic mass is 16.5. The zero-order valence-corrected chi connectivity index (χ0v) is 12.0. The number of rotatable bonds is 5. The molecule has 1 atom stereocenters. The normalized spacial score (nSPS) is 18.9. The highest BCUT2D eigenvalue weighted by molar-refractivity contribution is 5.93. The summed E-state index contributed by atoms with van der Waals surface area (Å²) in [5.41, 5.74) is 0. The SMILES string of the molecule is Cc1cc(NC(=O)C(C)N2CCN(CCO)CC2)no1. The van der Waals surface area contributed by atoms with Crippen LogP contribution in [0, 0.1) is 6.92 Å². The molecule has 1 aromatic rings. The Balaban J connectivity index is 1.82. The van der Waals surface area contributed by atoms with Gasteiger partial charge in [0.15, 0.2) is 5.82 Å². The molecule has 1 aliphatic heterocycles. The first kappa shape index (κ1) is 15.0. The van der Waals surface area contributed by atoms with Crippen LogP contribution in [0.1, 0.15) is 12.7 Å². The lowest BCUT2D eigenvalue weighted by Crippen LogP contribution is -2.53. The number of amides is 1. The van der Waals surface area contributed by atoms with Crippen LogP contribution in [-0.2, 0) is 4.79 Å². The summed E-state index contributed by atoms with van der Waals surface area (Å²) in [7, 11) is 0. The Morgan fingerprint density at radius 2 is 2.20 bits per heavy atom. The van der Waals surface area contributed by atoms with Gasteiger partial charge >= 0.3 is 0 Å². The molecule has 1 fully saturated rings. The minimum absolute atomic E-state index is 0.0751. The number of piperazine rings is 1. The maximum absolute atomic E-state index is 12.1. The van der Waals surface area contributed by atoms with Crippen LogP contribution in [0.4, 0.5) is 5.82 Å². The van der Waals surface area contributed by atoms with Crippen LogP contribution in [0.25, 0.3) is 0 Å². The first-order valence-corrected chi connectivity index (χ1v) is 6.91. The maximum Gasteiger partial charge on any atom is 0.242 e. The van der Waals surface area contributed by atoms with Gasteiger partial charge in [0, 0.05) is 38.8 Å². The second-order valence-electron chi connectivity index (χ2n) is 5.09. The quantitative estimate of drug-likeness (QED) is 0.786. The number of carbonyl (C=O) groups excluding carboxylic acids is 1. The molecule has 0 spiro atoms. The zero-order valence-electron chi connectivity index (χ0n) is 12.0. The van der Waals surface area contributed by atoms with E-state index < -0.39 is 0 Å². The summed E-state index contributed by atoms with van der Waals surface area (Å²) < 4.78 is 4.92. The van der Waals surface area contributed by atoms with E-state index in [0.717, 1.165) is 26.2 Å². The Kier molecular flexibility index (Phi) is 5.11. The van der Waals surface area contributed by atoms with E-state index in [9.17, 15) is 4.79 Å². The predicted octanol–water partition coefficient (Wildman–Crippen LogP) is -0.0801. The fourth-order valence-corrected chi connectivity index (χ4v) is 2.34. The molecule has 112 valence electrons. The van der Waals surface area contributed by atoms with Crippen LogP contribution in [0.15, 0.2) is 10.6 Å². The third-order valence-electron chi connectivity index (χ3n) is 3.63. The van der Waals surface area contributed by atoms with Crippen LogP contribution in [0.5, 0.6) is 0 Å². The average molecular weight is 282 g/mol. The number of nitrogens with zero attached hydrogens (tertiary/aromatic N) is 3. The molecule has 7 nitrogen and oxygen atoms in total. The third kappa shape index (κ3) is 3.78. The predicted molar refractivity (Wildman–Crippen MR) is 74.4 cm³/mol. The van der Waals surface area contributed by atoms with Gasteiger partial charge in [0.05, 0.1) is 12.6 Å². The van der Waals surface area contributed by atoms with Gasteiger partial charge < -0.3 is 14.9 Å². The standard InChI is InChI=1S/C13H22N4O3/c1-10-9-12(15-20-10)14-13(19)11(2)17-5-3-16(4-6-17)7-8-18/h9,11,18H,3-8H2,1-2H3,(H,14,15,19). The van der Waals surface area contributed by atoms with Gasteiger partial charge in [-0.2, -0.15) is 0 Å². The number of aliphatic hydroxyl groups is 1. The Hall–Kier alpha value is -1.44. The Morgan fingerprint density at radius 1 is 1.50 bits per heavy atom. The molecular weight excluding hydrogens is 260 g/mol. The van der Waals surface area contributed by atoms with Crippen LogP contribution in [-0.4, -0.2) is 71.3 Å². The van der Waals surface area contributed by atoms with E-state index in [1.54, 1.807) is 13.0 Å². The molecule has 1 aliphatic rings. The van der Waals surface area contributed by atoms with Crippen molar-refractivity contribution < 1.29 is 14.4 Å². The molecule has 1 amide bonds. The molecule has 1 saturated heterocycles. The van der Waals surface area contributed by atoms with Crippen molar-refractivity contribution in [2.24, 2.45) is 0 Å². The molecule has 0 radical (unpaired) electrons. The van der Waals surface area contributed by atoms with E-state index in [0.29, 0.717) is 18.1 Å². The van der Waals surface area contributed by atoms with E-state index in [1.165, 1.54) is 0 Å². The van der Waals surface area contributed by atoms with Gasteiger partial charge in [-0.15, -0.1) is 0 Å². The van der Waals surface area contributed by atoms with E-state index in [1.807, 2.05) is 6.92 Å². The molecule has 2 N–H and O–H groups in total. The minimum Gasteiger partial charge on any atom is -0.395 e. The lowest BCUT2D eigenvalue weighted by Gasteiger charge is -2.37. The lowest BCUT2D eigenvalue weighted by atomic mass is 10.2. The molecule has 7 heteroatoms. The van der Waals surface area contributed by atoms with E-state index in [2.05, 4.69) is 20.3 Å². The Morgan fingerprint density at radius 3 is 2.75 bits per heavy atom. The molecule has 0 aliphatic carbocycles. The summed E-state index contributed by atoms with van der Waals surface area (Å²) in [5.74, 6) is 1.05. The van der Waals surface area contributed by atoms with Gasteiger partial charge in [-0.3, -0.25) is 14.6 Å². The molecule has 1 aromatic heterocycles. The fourth-order valence-electron chi connectivity index (χ4n) is 2.34. The second-order valence-corrected chi connectivity index (χ2v) is 5.09. The number of hydrogen-bond donors (Lipinski definition) is 2. The van der Waals surface area contributed by atoms with E-state index in [-0.39, 0.29) is 18.6 Å². The molecular formula is C13H22N4O3. The van der Waals surface area contributed by atoms with Gasteiger partial charge in [0.1, 0.15) is 5.76 Å². The number of aromatic nitrogens is 1. The Bertz CT molecular complexity index is 441. The summed E-state index contributed by atoms with van der Waals surface area (Å²) in [6.45, 7) is 7.96. The van der Waals surface area contributed by atoms with Gasteiger partial charge in [-0.25, -0.2) is 0 Å². The number of hydrogen-bond acceptors (Lipinski definition) is 6. The largest absolute Gasteiger partial charge is 0.395 e. The first-order chi connectivity index (χ1) is 9.60. The summed E-state index contributed by atoms with van der Waals surface area (Å²) in [6, 6.07) is 1.49.